The van der Waals surface area contributed by atoms with Crippen LogP contribution in [0.1, 0.15) is 44.6 Å². The second-order valence-corrected chi connectivity index (χ2v) is 8.34. The Hall–Kier alpha value is -1.88. The number of carbonyl (C=O) groups excluding carboxylic acids is 2. The first-order valence-corrected chi connectivity index (χ1v) is 10.3. The summed E-state index contributed by atoms with van der Waals surface area (Å²) in [7, 11) is 3.84. The standard InChI is InChI=1S/C22H33N3O2/c1-4-22(21(27)23-14-8-11-17-9-6-5-7-10-17)15-18-12-13-19(22)25(18)20(26)16-24(2)3/h5-7,9-10,18-19H,4,8,11-16H2,1-3H3,(H,23,27)/t18-,19+,22+/m0/s1. The monoisotopic (exact) mass is 371 g/mol. The number of rotatable bonds is 8. The predicted molar refractivity (Wildman–Crippen MR) is 107 cm³/mol. The minimum atomic E-state index is -0.405. The molecule has 2 amide bonds. The van der Waals surface area contributed by atoms with Gasteiger partial charge in [0.05, 0.1) is 12.0 Å². The summed E-state index contributed by atoms with van der Waals surface area (Å²) in [5.74, 6) is 0.313. The molecule has 0 radical (unpaired) electrons. The number of benzene rings is 1. The lowest BCUT2D eigenvalue weighted by Crippen LogP contribution is -2.50. The SMILES string of the molecule is CC[C@@]1(C(=O)NCCCc2ccccc2)C[C@@H]2CC[C@H]1N2C(=O)CN(C)C. The lowest BCUT2D eigenvalue weighted by Gasteiger charge is -2.35. The van der Waals surface area contributed by atoms with Crippen LogP contribution in [0.25, 0.3) is 0 Å². The number of hydrogen-bond acceptors (Lipinski definition) is 3. The first-order valence-electron chi connectivity index (χ1n) is 10.3. The molecular weight excluding hydrogens is 338 g/mol. The Morgan fingerprint density at radius 3 is 2.63 bits per heavy atom. The van der Waals surface area contributed by atoms with Crippen LogP contribution in [-0.4, -0.2) is 60.9 Å². The molecule has 0 unspecified atom stereocenters. The molecule has 5 heteroatoms. The summed E-state index contributed by atoms with van der Waals surface area (Å²) >= 11 is 0. The number of fused-ring (bicyclic) bond motifs is 2. The highest BCUT2D eigenvalue weighted by Gasteiger charge is 2.59. The van der Waals surface area contributed by atoms with Crippen LogP contribution >= 0.6 is 0 Å². The Balaban J connectivity index is 1.58. The largest absolute Gasteiger partial charge is 0.356 e. The van der Waals surface area contributed by atoms with Gasteiger partial charge in [0.2, 0.25) is 11.8 Å². The summed E-state index contributed by atoms with van der Waals surface area (Å²) in [6.45, 7) is 3.21. The molecule has 1 aromatic rings. The molecule has 148 valence electrons. The van der Waals surface area contributed by atoms with Gasteiger partial charge >= 0.3 is 0 Å². The quantitative estimate of drug-likeness (QED) is 0.714. The fourth-order valence-electron chi connectivity index (χ4n) is 5.01. The number of carbonyl (C=O) groups is 2. The van der Waals surface area contributed by atoms with E-state index in [-0.39, 0.29) is 23.9 Å². The second-order valence-electron chi connectivity index (χ2n) is 8.34. The molecule has 27 heavy (non-hydrogen) atoms. The van der Waals surface area contributed by atoms with Gasteiger partial charge in [-0.2, -0.15) is 0 Å². The van der Waals surface area contributed by atoms with E-state index in [1.54, 1.807) is 0 Å². The van der Waals surface area contributed by atoms with Crippen molar-refractivity contribution in [1.82, 2.24) is 15.1 Å². The number of likely N-dealkylation sites (N-methyl/N-ethyl adjacent to an activating group) is 1. The average Bonchev–Trinajstić information content (AvgIpc) is 3.22. The summed E-state index contributed by atoms with van der Waals surface area (Å²) in [5, 5.41) is 3.18. The van der Waals surface area contributed by atoms with E-state index in [0.29, 0.717) is 13.1 Å². The lowest BCUT2D eigenvalue weighted by atomic mass is 9.71. The maximum Gasteiger partial charge on any atom is 0.237 e. The molecule has 1 aromatic carbocycles. The molecule has 5 nitrogen and oxygen atoms in total. The van der Waals surface area contributed by atoms with E-state index in [2.05, 4.69) is 36.5 Å². The number of hydrogen-bond donors (Lipinski definition) is 1. The van der Waals surface area contributed by atoms with Crippen LogP contribution in [0.2, 0.25) is 0 Å². The number of aryl methyl sites for hydroxylation is 1. The van der Waals surface area contributed by atoms with Gasteiger partial charge in [0.25, 0.3) is 0 Å². The predicted octanol–water partition coefficient (Wildman–Crippen LogP) is 2.46. The maximum atomic E-state index is 13.1. The van der Waals surface area contributed by atoms with Gasteiger partial charge in [-0.15, -0.1) is 0 Å². The van der Waals surface area contributed by atoms with Crippen LogP contribution in [0.5, 0.6) is 0 Å². The molecule has 2 fully saturated rings. The second kappa shape index (κ2) is 8.42. The van der Waals surface area contributed by atoms with Gasteiger partial charge < -0.3 is 15.1 Å². The summed E-state index contributed by atoms with van der Waals surface area (Å²) in [5.41, 5.74) is 0.898. The van der Waals surface area contributed by atoms with E-state index in [1.807, 2.05) is 30.0 Å². The molecule has 2 aliphatic heterocycles. The number of nitrogens with zero attached hydrogens (tertiary/aromatic N) is 2. The van der Waals surface area contributed by atoms with Crippen LogP contribution in [0.15, 0.2) is 30.3 Å². The third-order valence-corrected chi connectivity index (χ3v) is 6.33. The molecule has 3 atom stereocenters. The van der Waals surface area contributed by atoms with Crippen LogP contribution in [-0.2, 0) is 16.0 Å². The zero-order chi connectivity index (χ0) is 19.4. The van der Waals surface area contributed by atoms with Crippen molar-refractivity contribution < 1.29 is 9.59 Å². The Morgan fingerprint density at radius 1 is 1.22 bits per heavy atom. The van der Waals surface area contributed by atoms with Gasteiger partial charge in [-0.3, -0.25) is 9.59 Å². The van der Waals surface area contributed by atoms with Gasteiger partial charge in [-0.05, 0) is 58.2 Å². The van der Waals surface area contributed by atoms with E-state index in [0.717, 1.165) is 38.5 Å². The molecule has 0 spiro atoms. The molecular formula is C22H33N3O2. The van der Waals surface area contributed by atoms with Gasteiger partial charge in [-0.25, -0.2) is 0 Å². The highest BCUT2D eigenvalue weighted by atomic mass is 16.2. The third-order valence-electron chi connectivity index (χ3n) is 6.33. The first kappa shape index (κ1) is 19.9. The highest BCUT2D eigenvalue weighted by molar-refractivity contribution is 5.87. The molecule has 2 bridgehead atoms. The summed E-state index contributed by atoms with van der Waals surface area (Å²) in [4.78, 5) is 29.8. The van der Waals surface area contributed by atoms with Crippen molar-refractivity contribution in [3.05, 3.63) is 35.9 Å². The minimum absolute atomic E-state index is 0.0640. The Labute approximate surface area is 163 Å². The Kier molecular flexibility index (Phi) is 6.20. The molecule has 0 aliphatic carbocycles. The summed E-state index contributed by atoms with van der Waals surface area (Å²) in [6, 6.07) is 10.7. The van der Waals surface area contributed by atoms with Crippen LogP contribution in [0.3, 0.4) is 0 Å². The van der Waals surface area contributed by atoms with Crippen molar-refractivity contribution in [2.45, 2.75) is 57.5 Å². The van der Waals surface area contributed by atoms with Crippen LogP contribution in [0, 0.1) is 5.41 Å². The Morgan fingerprint density at radius 2 is 1.96 bits per heavy atom. The van der Waals surface area contributed by atoms with Crippen LogP contribution in [0.4, 0.5) is 0 Å². The van der Waals surface area contributed by atoms with Crippen molar-refractivity contribution in [2.24, 2.45) is 5.41 Å². The van der Waals surface area contributed by atoms with E-state index in [4.69, 9.17) is 0 Å². The molecule has 2 aliphatic rings. The van der Waals surface area contributed by atoms with Crippen molar-refractivity contribution in [1.29, 1.82) is 0 Å². The summed E-state index contributed by atoms with van der Waals surface area (Å²) in [6.07, 6.45) is 5.51. The first-order chi connectivity index (χ1) is 13.0. The highest BCUT2D eigenvalue weighted by Crippen LogP contribution is 2.51. The average molecular weight is 372 g/mol. The molecule has 1 N–H and O–H groups in total. The molecule has 0 saturated carbocycles. The van der Waals surface area contributed by atoms with Crippen molar-refractivity contribution in [3.63, 3.8) is 0 Å². The maximum absolute atomic E-state index is 13.1. The normalized spacial score (nSPS) is 26.6. The van der Waals surface area contributed by atoms with Crippen molar-refractivity contribution in [3.8, 4) is 0 Å². The van der Waals surface area contributed by atoms with Crippen LogP contribution < -0.4 is 5.32 Å². The van der Waals surface area contributed by atoms with E-state index in [9.17, 15) is 9.59 Å². The topological polar surface area (TPSA) is 52.7 Å². The van der Waals surface area contributed by atoms with E-state index >= 15 is 0 Å². The number of amides is 2. The third kappa shape index (κ3) is 4.03. The zero-order valence-corrected chi connectivity index (χ0v) is 16.9. The molecule has 3 rings (SSSR count). The molecule has 0 aromatic heterocycles. The number of nitrogens with one attached hydrogen (secondary N) is 1. The van der Waals surface area contributed by atoms with E-state index in [1.165, 1.54) is 5.56 Å². The lowest BCUT2D eigenvalue weighted by molar-refractivity contribution is -0.137. The molecule has 2 saturated heterocycles. The Bertz CT molecular complexity index is 661. The van der Waals surface area contributed by atoms with Crippen molar-refractivity contribution >= 4 is 11.8 Å². The molecule has 2 heterocycles. The van der Waals surface area contributed by atoms with Crippen molar-refractivity contribution in [2.75, 3.05) is 27.2 Å². The summed E-state index contributed by atoms with van der Waals surface area (Å²) < 4.78 is 0. The zero-order valence-electron chi connectivity index (χ0n) is 16.9. The van der Waals surface area contributed by atoms with Gasteiger partial charge in [0.1, 0.15) is 0 Å². The fraction of sp³-hybridized carbons (Fsp3) is 0.636. The fourth-order valence-corrected chi connectivity index (χ4v) is 5.01. The van der Waals surface area contributed by atoms with Gasteiger partial charge in [0.15, 0.2) is 0 Å². The minimum Gasteiger partial charge on any atom is -0.356 e. The van der Waals surface area contributed by atoms with E-state index < -0.39 is 5.41 Å². The smallest absolute Gasteiger partial charge is 0.237 e. The van der Waals surface area contributed by atoms with Gasteiger partial charge in [0, 0.05) is 18.6 Å². The van der Waals surface area contributed by atoms with Gasteiger partial charge in [-0.1, -0.05) is 37.3 Å².